The number of likely N-dealkylation sites (N-methyl/N-ethyl adjacent to an activating group) is 1. The maximum atomic E-state index is 12.2. The van der Waals surface area contributed by atoms with Crippen molar-refractivity contribution in [1.82, 2.24) is 10.3 Å². The fourth-order valence-corrected chi connectivity index (χ4v) is 2.98. The van der Waals surface area contributed by atoms with Gasteiger partial charge in [-0.3, -0.25) is 4.72 Å². The molecule has 0 aliphatic carbocycles. The number of hydrogen-bond acceptors (Lipinski definition) is 4. The molecule has 5 nitrogen and oxygen atoms in total. The first kappa shape index (κ1) is 15.9. The molecule has 7 heteroatoms. The highest BCUT2D eigenvalue weighted by Crippen LogP contribution is 2.17. The lowest BCUT2D eigenvalue weighted by Crippen LogP contribution is -2.14. The summed E-state index contributed by atoms with van der Waals surface area (Å²) in [6, 6.07) is 10.2. The average molecular weight is 370 g/mol. The van der Waals surface area contributed by atoms with Crippen molar-refractivity contribution in [2.45, 2.75) is 11.3 Å². The van der Waals surface area contributed by atoms with E-state index in [0.29, 0.717) is 0 Å². The number of anilines is 1. The van der Waals surface area contributed by atoms with E-state index in [9.17, 15) is 8.42 Å². The second-order valence-electron chi connectivity index (χ2n) is 4.46. The van der Waals surface area contributed by atoms with Crippen molar-refractivity contribution in [3.05, 3.63) is 52.6 Å². The lowest BCUT2D eigenvalue weighted by atomic mass is 10.1. The van der Waals surface area contributed by atoms with Gasteiger partial charge >= 0.3 is 0 Å². The smallest absolute Gasteiger partial charge is 0.263 e. The predicted octanol–water partition coefficient (Wildman–Crippen LogP) is 2.41. The lowest BCUT2D eigenvalue weighted by Gasteiger charge is -2.08. The highest BCUT2D eigenvalue weighted by Gasteiger charge is 2.14. The van der Waals surface area contributed by atoms with Gasteiger partial charge in [0.15, 0.2) is 0 Å². The van der Waals surface area contributed by atoms with Crippen molar-refractivity contribution in [3.63, 3.8) is 0 Å². The highest BCUT2D eigenvalue weighted by molar-refractivity contribution is 9.10. The third-order valence-electron chi connectivity index (χ3n) is 2.86. The molecule has 0 fully saturated rings. The topological polar surface area (TPSA) is 71.1 Å². The van der Waals surface area contributed by atoms with E-state index in [1.807, 2.05) is 19.2 Å². The number of rotatable bonds is 6. The molecule has 0 aliphatic rings. The second-order valence-corrected chi connectivity index (χ2v) is 7.06. The number of pyridine rings is 1. The van der Waals surface area contributed by atoms with Crippen molar-refractivity contribution < 1.29 is 8.42 Å². The Hall–Kier alpha value is -1.44. The summed E-state index contributed by atoms with van der Waals surface area (Å²) in [5.41, 5.74) is 1.09. The van der Waals surface area contributed by atoms with Crippen LogP contribution in [0.15, 0.2) is 52.0 Å². The van der Waals surface area contributed by atoms with E-state index >= 15 is 0 Å². The molecule has 0 saturated carbocycles. The largest absolute Gasteiger partial charge is 0.319 e. The summed E-state index contributed by atoms with van der Waals surface area (Å²) < 4.78 is 27.7. The van der Waals surface area contributed by atoms with Gasteiger partial charge in [0.05, 0.1) is 4.90 Å². The highest BCUT2D eigenvalue weighted by atomic mass is 79.9. The Balaban J connectivity index is 2.13. The van der Waals surface area contributed by atoms with Crippen LogP contribution in [-0.2, 0) is 16.4 Å². The first-order chi connectivity index (χ1) is 10.0. The molecule has 2 N–H and O–H groups in total. The van der Waals surface area contributed by atoms with Gasteiger partial charge in [0.25, 0.3) is 10.0 Å². The lowest BCUT2D eigenvalue weighted by molar-refractivity contribution is 0.601. The molecule has 0 amide bonds. The molecular formula is C14H16BrN3O2S. The Labute approximate surface area is 133 Å². The van der Waals surface area contributed by atoms with E-state index in [0.717, 1.165) is 23.0 Å². The van der Waals surface area contributed by atoms with Crippen LogP contribution in [-0.4, -0.2) is 27.0 Å². The number of sulfonamides is 1. The van der Waals surface area contributed by atoms with Gasteiger partial charge in [0.2, 0.25) is 0 Å². The van der Waals surface area contributed by atoms with E-state index in [1.54, 1.807) is 30.5 Å². The molecule has 0 spiro atoms. The van der Waals surface area contributed by atoms with Gasteiger partial charge in [-0.15, -0.1) is 0 Å². The van der Waals surface area contributed by atoms with E-state index in [2.05, 4.69) is 31.0 Å². The molecule has 0 saturated heterocycles. The van der Waals surface area contributed by atoms with Crippen LogP contribution < -0.4 is 10.0 Å². The average Bonchev–Trinajstić information content (AvgIpc) is 2.48. The molecule has 0 radical (unpaired) electrons. The second kappa shape index (κ2) is 7.02. The minimum atomic E-state index is -3.61. The molecule has 2 rings (SSSR count). The van der Waals surface area contributed by atoms with Crippen LogP contribution in [0.25, 0.3) is 0 Å². The Morgan fingerprint density at radius 3 is 2.43 bits per heavy atom. The number of aromatic nitrogens is 1. The Kier molecular flexibility index (Phi) is 5.33. The monoisotopic (exact) mass is 369 g/mol. The van der Waals surface area contributed by atoms with E-state index in [1.165, 1.54) is 0 Å². The van der Waals surface area contributed by atoms with Gasteiger partial charge in [-0.25, -0.2) is 13.4 Å². The van der Waals surface area contributed by atoms with Crippen LogP contribution >= 0.6 is 15.9 Å². The first-order valence-electron chi connectivity index (χ1n) is 6.39. The number of halogens is 1. The molecular weight excluding hydrogens is 354 g/mol. The maximum Gasteiger partial charge on any atom is 0.263 e. The summed E-state index contributed by atoms with van der Waals surface area (Å²) in [6.07, 6.45) is 2.40. The standard InChI is InChI=1S/C14H16BrN3O2S/c1-16-9-8-11-2-5-13(6-3-11)21(19,20)18-14-7-4-12(15)10-17-14/h2-7,10,16H,8-9H2,1H3,(H,17,18). The van der Waals surface area contributed by atoms with Crippen LogP contribution in [0.2, 0.25) is 0 Å². The molecule has 0 aliphatic heterocycles. The van der Waals surface area contributed by atoms with Crippen molar-refractivity contribution in [2.24, 2.45) is 0 Å². The van der Waals surface area contributed by atoms with Gasteiger partial charge in [-0.2, -0.15) is 0 Å². The quantitative estimate of drug-likeness (QED) is 0.819. The molecule has 0 atom stereocenters. The molecule has 112 valence electrons. The van der Waals surface area contributed by atoms with Crippen LogP contribution in [0.1, 0.15) is 5.56 Å². The number of benzene rings is 1. The third-order valence-corrected chi connectivity index (χ3v) is 4.70. The van der Waals surface area contributed by atoms with E-state index in [-0.39, 0.29) is 10.7 Å². The summed E-state index contributed by atoms with van der Waals surface area (Å²) in [7, 11) is -1.72. The predicted molar refractivity (Wildman–Crippen MR) is 86.8 cm³/mol. The molecule has 0 bridgehead atoms. The summed E-state index contributed by atoms with van der Waals surface area (Å²) >= 11 is 3.25. The Morgan fingerprint density at radius 2 is 1.86 bits per heavy atom. The Bertz CT molecular complexity index is 685. The van der Waals surface area contributed by atoms with Gasteiger partial charge in [0, 0.05) is 10.7 Å². The zero-order chi connectivity index (χ0) is 15.3. The molecule has 0 unspecified atom stereocenters. The number of hydrogen-bond donors (Lipinski definition) is 2. The molecule has 1 aromatic carbocycles. The normalized spacial score (nSPS) is 11.3. The van der Waals surface area contributed by atoms with Crippen molar-refractivity contribution in [1.29, 1.82) is 0 Å². The van der Waals surface area contributed by atoms with Gasteiger partial charge in [-0.1, -0.05) is 12.1 Å². The first-order valence-corrected chi connectivity index (χ1v) is 8.67. The SMILES string of the molecule is CNCCc1ccc(S(=O)(=O)Nc2ccc(Br)cn2)cc1. The van der Waals surface area contributed by atoms with Crippen LogP contribution in [0.4, 0.5) is 5.82 Å². The van der Waals surface area contributed by atoms with Crippen molar-refractivity contribution >= 4 is 31.8 Å². The zero-order valence-corrected chi connectivity index (χ0v) is 13.9. The Morgan fingerprint density at radius 1 is 1.14 bits per heavy atom. The maximum absolute atomic E-state index is 12.2. The minimum Gasteiger partial charge on any atom is -0.319 e. The van der Waals surface area contributed by atoms with E-state index < -0.39 is 10.0 Å². The van der Waals surface area contributed by atoms with Crippen LogP contribution in [0.5, 0.6) is 0 Å². The number of nitrogens with zero attached hydrogens (tertiary/aromatic N) is 1. The van der Waals surface area contributed by atoms with Crippen LogP contribution in [0.3, 0.4) is 0 Å². The zero-order valence-electron chi connectivity index (χ0n) is 11.5. The fraction of sp³-hybridized carbons (Fsp3) is 0.214. The summed E-state index contributed by atoms with van der Waals surface area (Å²) in [4.78, 5) is 4.22. The van der Waals surface area contributed by atoms with Gasteiger partial charge in [0.1, 0.15) is 5.82 Å². The van der Waals surface area contributed by atoms with Crippen LogP contribution in [0, 0.1) is 0 Å². The van der Waals surface area contributed by atoms with Gasteiger partial charge in [-0.05, 0) is 65.8 Å². The van der Waals surface area contributed by atoms with Crippen molar-refractivity contribution in [3.8, 4) is 0 Å². The summed E-state index contributed by atoms with van der Waals surface area (Å²) in [5.74, 6) is 0.289. The summed E-state index contributed by atoms with van der Waals surface area (Å²) in [5, 5.41) is 3.06. The number of nitrogens with one attached hydrogen (secondary N) is 2. The fourth-order valence-electron chi connectivity index (χ4n) is 1.74. The molecule has 2 aromatic rings. The third kappa shape index (κ3) is 4.52. The van der Waals surface area contributed by atoms with Crippen molar-refractivity contribution in [2.75, 3.05) is 18.3 Å². The minimum absolute atomic E-state index is 0.223. The molecule has 21 heavy (non-hydrogen) atoms. The molecule has 1 heterocycles. The van der Waals surface area contributed by atoms with E-state index in [4.69, 9.17) is 0 Å². The summed E-state index contributed by atoms with van der Waals surface area (Å²) in [6.45, 7) is 0.854. The van der Waals surface area contributed by atoms with Gasteiger partial charge < -0.3 is 5.32 Å². The molecule has 1 aromatic heterocycles.